The highest BCUT2D eigenvalue weighted by atomic mass is 16.6. The number of rotatable bonds is 11. The van der Waals surface area contributed by atoms with Crippen molar-refractivity contribution in [1.82, 2.24) is 20.4 Å². The van der Waals surface area contributed by atoms with Gasteiger partial charge in [-0.15, -0.1) is 6.58 Å². The first-order valence-corrected chi connectivity index (χ1v) is 27.7. The zero-order valence-corrected chi connectivity index (χ0v) is 48.0. The van der Waals surface area contributed by atoms with Crippen molar-refractivity contribution < 1.29 is 57.4 Å². The van der Waals surface area contributed by atoms with Crippen LogP contribution in [0, 0.1) is 10.8 Å². The molecule has 83 heavy (non-hydrogen) atoms. The van der Waals surface area contributed by atoms with Crippen LogP contribution >= 0.6 is 0 Å². The number of fused-ring (bicyclic) bond motifs is 9. The van der Waals surface area contributed by atoms with Gasteiger partial charge in [0, 0.05) is 35.1 Å². The molecule has 6 atom stereocenters. The Morgan fingerprint density at radius 2 is 1.47 bits per heavy atom. The van der Waals surface area contributed by atoms with Crippen LogP contribution in [0.15, 0.2) is 121 Å². The summed E-state index contributed by atoms with van der Waals surface area (Å²) in [6, 6.07) is 24.7. The predicted molar refractivity (Wildman–Crippen MR) is 319 cm³/mol. The van der Waals surface area contributed by atoms with Gasteiger partial charge in [-0.2, -0.15) is 0 Å². The van der Waals surface area contributed by atoms with Crippen LogP contribution in [-0.4, -0.2) is 134 Å². The number of cyclic esters (lactones) is 1. The van der Waals surface area contributed by atoms with Crippen molar-refractivity contribution in [2.45, 2.75) is 124 Å². The topological polar surface area (TPSA) is 213 Å². The van der Waals surface area contributed by atoms with Crippen LogP contribution in [0.4, 0.5) is 9.59 Å². The van der Waals surface area contributed by atoms with Crippen LogP contribution < -0.4 is 10.6 Å². The summed E-state index contributed by atoms with van der Waals surface area (Å²) in [5.41, 5.74) is 10.1. The summed E-state index contributed by atoms with van der Waals surface area (Å²) in [6.45, 7) is 19.2. The number of nitrogens with zero attached hydrogens (tertiary/aromatic N) is 4. The Kier molecular flexibility index (Phi) is 20.2. The third-order valence-electron chi connectivity index (χ3n) is 15.0. The number of methoxy groups -OCH3 is 2. The van der Waals surface area contributed by atoms with E-state index in [-0.39, 0.29) is 46.6 Å². The average Bonchev–Trinajstić information content (AvgIpc) is 2.70. The van der Waals surface area contributed by atoms with Gasteiger partial charge in [0.25, 0.3) is 0 Å². The van der Waals surface area contributed by atoms with Gasteiger partial charge in [-0.25, -0.2) is 19.2 Å². The molecule has 4 amide bonds. The molecule has 2 saturated heterocycles. The molecule has 2 N–H and O–H groups in total. The Morgan fingerprint density at radius 1 is 0.819 bits per heavy atom. The number of ether oxygens (including phenoxy) is 4. The van der Waals surface area contributed by atoms with E-state index in [1.54, 1.807) is 12.2 Å². The summed E-state index contributed by atoms with van der Waals surface area (Å²) in [7, 11) is 2.57. The molecule has 18 nitrogen and oxygen atoms in total. The standard InChI is InChI=1S/C33H39N3O6.C31H35N3O6.CH4/c1-7-9-12-17-41-32(39)34-29(33(3,4)5)30(37)36-20-22(19-27(36)31(38)40-6)42-35-28-25-14-11-10-13-23(25)24-16-15-21(8-2)18-26(24)28;1-31(2,3)27-28(35)34-18-20(17-25(34)29(36)38-4)40-33-26-23-12-8-7-11-21(23)22-14-13-19(16-24(22)26)10-6-5-9-15-39-30(37)32-27;/h7-8,10-11,13-16,18,22,27,29H,1-2,9,12,17,19-20H2,3-6H3,(H,34,39);6-8,10-14,16,20,25,27H,5,9,15,17-18H2,1-4H3,(H,32,37);1H4/b;10-6+,33-26?;/t22-,27+,29-;20-,25+,27-;/m11./s1. The molecule has 3 heterocycles. The fourth-order valence-electron chi connectivity index (χ4n) is 10.7. The van der Waals surface area contributed by atoms with E-state index in [1.165, 1.54) is 24.0 Å². The summed E-state index contributed by atoms with van der Waals surface area (Å²) < 4.78 is 20.7. The molecule has 18 heteroatoms. The molecule has 0 unspecified atom stereocenters. The second kappa shape index (κ2) is 27.0. The molecule has 4 aromatic rings. The maximum absolute atomic E-state index is 13.9. The Balaban J connectivity index is 0.000000236. The summed E-state index contributed by atoms with van der Waals surface area (Å²) in [5, 5.41) is 14.6. The number of oxime groups is 2. The molecule has 5 aliphatic rings. The van der Waals surface area contributed by atoms with Gasteiger partial charge in [-0.3, -0.25) is 9.59 Å². The number of carbonyl (C=O) groups excluding carboxylic acids is 6. The highest BCUT2D eigenvalue weighted by Gasteiger charge is 2.48. The Hall–Kier alpha value is -8.54. The van der Waals surface area contributed by atoms with Crippen molar-refractivity contribution in [1.29, 1.82) is 0 Å². The quantitative estimate of drug-likeness (QED) is 0.0408. The zero-order valence-electron chi connectivity index (χ0n) is 48.0. The molecule has 0 radical (unpaired) electrons. The van der Waals surface area contributed by atoms with E-state index in [0.717, 1.165) is 55.6 Å². The van der Waals surface area contributed by atoms with Crippen molar-refractivity contribution in [3.8, 4) is 22.3 Å². The highest BCUT2D eigenvalue weighted by Crippen LogP contribution is 2.40. The number of nitrogens with one attached hydrogen (secondary N) is 2. The first-order valence-electron chi connectivity index (χ1n) is 27.7. The van der Waals surface area contributed by atoms with Gasteiger partial charge < -0.3 is 49.1 Å². The van der Waals surface area contributed by atoms with Gasteiger partial charge in [-0.05, 0) is 82.0 Å². The van der Waals surface area contributed by atoms with Crippen molar-refractivity contribution in [2.75, 3.05) is 40.5 Å². The van der Waals surface area contributed by atoms with E-state index in [1.807, 2.05) is 114 Å². The zero-order chi connectivity index (χ0) is 58.9. The smallest absolute Gasteiger partial charge is 0.407 e. The summed E-state index contributed by atoms with van der Waals surface area (Å²) in [4.78, 5) is 93.4. The number of unbranched alkanes of at least 4 members (excludes halogenated alkanes) is 1. The van der Waals surface area contributed by atoms with Crippen molar-refractivity contribution in [3.63, 3.8) is 0 Å². The fraction of sp³-hybridized carbons (Fsp3) is 0.415. The molecular weight excluding hydrogens is 1060 g/mol. The van der Waals surface area contributed by atoms with Gasteiger partial charge in [0.2, 0.25) is 11.8 Å². The van der Waals surface area contributed by atoms with Crippen LogP contribution in [0.3, 0.4) is 0 Å². The number of hydrogen-bond donors (Lipinski definition) is 2. The van der Waals surface area contributed by atoms with Gasteiger partial charge in [-0.1, -0.05) is 163 Å². The van der Waals surface area contributed by atoms with Gasteiger partial charge >= 0.3 is 24.1 Å². The Bertz CT molecular complexity index is 3190. The molecule has 0 spiro atoms. The number of amides is 4. The molecule has 4 aromatic carbocycles. The highest BCUT2D eigenvalue weighted by molar-refractivity contribution is 6.25. The number of allylic oxidation sites excluding steroid dienone is 2. The van der Waals surface area contributed by atoms with Crippen LogP contribution in [0.1, 0.15) is 121 Å². The molecule has 3 aliphatic heterocycles. The van der Waals surface area contributed by atoms with Gasteiger partial charge in [0.05, 0.1) is 40.5 Å². The SMILES string of the molecule is C.C=CCCCOC(=O)N[C@H](C(=O)N1C[C@H](ON=C2c3ccccc3-c3ccc(C=C)cc32)C[C@H]1C(=O)OC)C(C)(C)C.COC(=O)[C@@H]1C[C@@H]2CN1C(=O)[C@H](C(C)(C)C)NC(=O)OCCC/C=C/c1ccc3c(c1)C(=NO2)c1ccccc1-3. The molecule has 440 valence electrons. The van der Waals surface area contributed by atoms with E-state index in [9.17, 15) is 28.8 Å². The van der Waals surface area contributed by atoms with Crippen LogP contribution in [-0.2, 0) is 47.8 Å². The maximum atomic E-state index is 13.9. The summed E-state index contributed by atoms with van der Waals surface area (Å²) in [5.74, 6) is -1.93. The molecule has 9 rings (SSSR count). The van der Waals surface area contributed by atoms with Gasteiger partial charge in [0.1, 0.15) is 47.8 Å². The summed E-state index contributed by atoms with van der Waals surface area (Å²) >= 11 is 0. The van der Waals surface area contributed by atoms with Crippen LogP contribution in [0.2, 0.25) is 0 Å². The van der Waals surface area contributed by atoms with Crippen LogP contribution in [0.25, 0.3) is 34.4 Å². The van der Waals surface area contributed by atoms with E-state index in [4.69, 9.17) is 28.6 Å². The summed E-state index contributed by atoms with van der Waals surface area (Å²) in [6.07, 6.45) is 8.22. The lowest BCUT2D eigenvalue weighted by atomic mass is 9.85. The minimum absolute atomic E-state index is 0. The lowest BCUT2D eigenvalue weighted by Gasteiger charge is -2.34. The second-order valence-electron chi connectivity index (χ2n) is 22.9. The third kappa shape index (κ3) is 14.2. The van der Waals surface area contributed by atoms with Crippen LogP contribution in [0.5, 0.6) is 0 Å². The number of hydrogen-bond acceptors (Lipinski definition) is 14. The van der Waals surface area contributed by atoms with E-state index in [0.29, 0.717) is 37.1 Å². The lowest BCUT2D eigenvalue weighted by molar-refractivity contribution is -0.152. The predicted octanol–water partition coefficient (Wildman–Crippen LogP) is 10.5. The van der Waals surface area contributed by atoms with E-state index >= 15 is 0 Å². The van der Waals surface area contributed by atoms with Crippen molar-refractivity contribution >= 4 is 59.5 Å². The van der Waals surface area contributed by atoms with Crippen molar-refractivity contribution in [2.24, 2.45) is 21.1 Å². The monoisotopic (exact) mass is 1130 g/mol. The molecule has 0 saturated carbocycles. The normalized spacial score (nSPS) is 21.1. The lowest BCUT2D eigenvalue weighted by Crippen LogP contribution is -2.57. The molecule has 4 bridgehead atoms. The second-order valence-corrected chi connectivity index (χ2v) is 22.9. The molecule has 2 fully saturated rings. The van der Waals surface area contributed by atoms with Crippen molar-refractivity contribution in [3.05, 3.63) is 144 Å². The minimum atomic E-state index is -0.951. The number of benzene rings is 4. The Labute approximate surface area is 486 Å². The number of likely N-dealkylation sites (tertiary alicyclic amines) is 1. The number of carbonyl (C=O) groups is 6. The first-order chi connectivity index (χ1) is 39.3. The van der Waals surface area contributed by atoms with Gasteiger partial charge in [0.15, 0.2) is 0 Å². The number of alkyl carbamates (subject to hydrolysis) is 2. The fourth-order valence-corrected chi connectivity index (χ4v) is 10.7. The largest absolute Gasteiger partial charge is 0.467 e. The molecular formula is C65H78N6O12. The first kappa shape index (κ1) is 62.1. The maximum Gasteiger partial charge on any atom is 0.407 e. The third-order valence-corrected chi connectivity index (χ3v) is 15.0. The number of esters is 2. The Morgan fingerprint density at radius 3 is 2.14 bits per heavy atom. The van der Waals surface area contributed by atoms with E-state index < -0.39 is 83.1 Å². The molecule has 0 aromatic heterocycles. The minimum Gasteiger partial charge on any atom is -0.467 e. The average molecular weight is 1140 g/mol. The van der Waals surface area contributed by atoms with E-state index in [2.05, 4.69) is 58.4 Å². The molecule has 2 aliphatic carbocycles.